The highest BCUT2D eigenvalue weighted by Crippen LogP contribution is 2.31. The Morgan fingerprint density at radius 1 is 1.23 bits per heavy atom. The van der Waals surface area contributed by atoms with Crippen LogP contribution in [0.5, 0.6) is 0 Å². The minimum atomic E-state index is -1.15. The van der Waals surface area contributed by atoms with Crippen molar-refractivity contribution in [2.45, 2.75) is 19.9 Å². The number of carboxylic acid groups (broad SMARTS) is 1. The van der Waals surface area contributed by atoms with Gasteiger partial charge in [0.15, 0.2) is 0 Å². The number of nitrogens with zero attached hydrogens (tertiary/aromatic N) is 4. The fraction of sp³-hybridized carbons (Fsp3) is 0.214. The van der Waals surface area contributed by atoms with Crippen molar-refractivity contribution in [1.29, 1.82) is 0 Å². The molecule has 136 valence electrons. The second-order valence-corrected chi connectivity index (χ2v) is 5.33. The second-order valence-electron chi connectivity index (χ2n) is 5.33. The summed E-state index contributed by atoms with van der Waals surface area (Å²) in [7, 11) is 0. The van der Waals surface area contributed by atoms with E-state index in [1.165, 1.54) is 20.0 Å². The summed E-state index contributed by atoms with van der Waals surface area (Å²) in [6.45, 7) is 2.60. The summed E-state index contributed by atoms with van der Waals surface area (Å²) in [5.74, 6) is -1.90. The molecule has 0 spiro atoms. The average molecular weight is 363 g/mol. The minimum absolute atomic E-state index is 0.0102. The van der Waals surface area contributed by atoms with E-state index in [9.17, 15) is 29.8 Å². The van der Waals surface area contributed by atoms with Crippen LogP contribution < -0.4 is 5.32 Å². The highest BCUT2D eigenvalue weighted by atomic mass is 16.6. The monoisotopic (exact) mass is 363 g/mol. The Morgan fingerprint density at radius 3 is 2.23 bits per heavy atom. The molecule has 0 bridgehead atoms. The van der Waals surface area contributed by atoms with Gasteiger partial charge in [-0.25, -0.2) is 4.79 Å². The molecule has 0 saturated heterocycles. The number of nitro benzene ring substituents is 2. The normalized spacial score (nSPS) is 11.6. The summed E-state index contributed by atoms with van der Waals surface area (Å²) in [5, 5.41) is 37.1. The number of aliphatic carboxylic acids is 1. The van der Waals surface area contributed by atoms with E-state index in [4.69, 9.17) is 5.11 Å². The molecule has 0 aliphatic rings. The maximum atomic E-state index is 12.2. The van der Waals surface area contributed by atoms with E-state index in [0.29, 0.717) is 0 Å². The predicted octanol–water partition coefficient (Wildman–Crippen LogP) is 1.91. The average Bonchev–Trinajstić information content (AvgIpc) is 3.04. The second kappa shape index (κ2) is 6.96. The van der Waals surface area contributed by atoms with Gasteiger partial charge in [0.25, 0.3) is 17.3 Å². The third-order valence-corrected chi connectivity index (χ3v) is 3.62. The first kappa shape index (κ1) is 18.5. The van der Waals surface area contributed by atoms with Crippen molar-refractivity contribution in [3.63, 3.8) is 0 Å². The van der Waals surface area contributed by atoms with Gasteiger partial charge in [-0.3, -0.25) is 29.7 Å². The molecule has 0 fully saturated rings. The van der Waals surface area contributed by atoms with Crippen molar-refractivity contribution in [3.8, 4) is 0 Å². The predicted molar refractivity (Wildman–Crippen MR) is 87.0 cm³/mol. The smallest absolute Gasteiger partial charge is 0.328 e. The standard InChI is InChI=1S/C14H13N5O7/c1-7-11(18(23)24)3-10(4-12(7)19(25)26)16-13(20)9-5-15-17(6-9)8(2)14(21)22/h3-6,8H,1-2H3,(H,16,20)(H,21,22). The number of carbonyl (C=O) groups is 2. The first-order valence-electron chi connectivity index (χ1n) is 7.13. The zero-order valence-corrected chi connectivity index (χ0v) is 13.6. The number of benzene rings is 1. The van der Waals surface area contributed by atoms with Gasteiger partial charge in [-0.1, -0.05) is 0 Å². The van der Waals surface area contributed by atoms with Gasteiger partial charge in [0.05, 0.1) is 27.3 Å². The molecule has 1 aromatic carbocycles. The maximum absolute atomic E-state index is 12.2. The molecule has 0 saturated carbocycles. The van der Waals surface area contributed by atoms with Crippen LogP contribution in [0, 0.1) is 27.2 Å². The fourth-order valence-corrected chi connectivity index (χ4v) is 2.12. The van der Waals surface area contributed by atoms with Crippen LogP contribution in [-0.4, -0.2) is 36.6 Å². The summed E-state index contributed by atoms with van der Waals surface area (Å²) in [6.07, 6.45) is 2.30. The number of hydrogen-bond acceptors (Lipinski definition) is 7. The molecule has 12 nitrogen and oxygen atoms in total. The van der Waals surface area contributed by atoms with E-state index in [1.807, 2.05) is 0 Å². The van der Waals surface area contributed by atoms with Gasteiger partial charge in [-0.2, -0.15) is 5.10 Å². The Morgan fingerprint density at radius 2 is 1.77 bits per heavy atom. The number of nitrogens with one attached hydrogen (secondary N) is 1. The lowest BCUT2D eigenvalue weighted by molar-refractivity contribution is -0.395. The highest BCUT2D eigenvalue weighted by molar-refractivity contribution is 6.04. The number of amides is 1. The molecule has 2 N–H and O–H groups in total. The van der Waals surface area contributed by atoms with Gasteiger partial charge in [-0.15, -0.1) is 0 Å². The molecule has 0 aliphatic heterocycles. The van der Waals surface area contributed by atoms with E-state index in [1.54, 1.807) is 0 Å². The van der Waals surface area contributed by atoms with E-state index in [0.717, 1.165) is 23.0 Å². The Bertz CT molecular complexity index is 885. The molecular weight excluding hydrogens is 350 g/mol. The number of carboxylic acids is 1. The fourth-order valence-electron chi connectivity index (χ4n) is 2.12. The molecule has 12 heteroatoms. The molecule has 1 unspecified atom stereocenters. The third kappa shape index (κ3) is 3.63. The van der Waals surface area contributed by atoms with E-state index < -0.39 is 39.1 Å². The number of aromatic nitrogens is 2. The van der Waals surface area contributed by atoms with Crippen LogP contribution in [0.2, 0.25) is 0 Å². The number of anilines is 1. The van der Waals surface area contributed by atoms with Crippen LogP contribution in [0.15, 0.2) is 24.5 Å². The molecule has 1 atom stereocenters. The molecule has 1 aromatic heterocycles. The van der Waals surface area contributed by atoms with Crippen molar-refractivity contribution >= 4 is 28.9 Å². The molecule has 0 radical (unpaired) electrons. The summed E-state index contributed by atoms with van der Waals surface area (Å²) in [6, 6.07) is 1.01. The molecule has 2 aromatic rings. The summed E-state index contributed by atoms with van der Waals surface area (Å²) < 4.78 is 1.05. The van der Waals surface area contributed by atoms with Gasteiger partial charge in [-0.05, 0) is 13.8 Å². The first-order chi connectivity index (χ1) is 12.1. The highest BCUT2D eigenvalue weighted by Gasteiger charge is 2.24. The van der Waals surface area contributed by atoms with Gasteiger partial charge in [0.1, 0.15) is 11.6 Å². The first-order valence-corrected chi connectivity index (χ1v) is 7.13. The van der Waals surface area contributed by atoms with E-state index >= 15 is 0 Å². The van der Waals surface area contributed by atoms with Crippen LogP contribution in [0.4, 0.5) is 17.1 Å². The summed E-state index contributed by atoms with van der Waals surface area (Å²) >= 11 is 0. The van der Waals surface area contributed by atoms with Crippen molar-refractivity contribution in [2.75, 3.05) is 5.32 Å². The van der Waals surface area contributed by atoms with Crippen molar-refractivity contribution in [1.82, 2.24) is 9.78 Å². The van der Waals surface area contributed by atoms with Crippen molar-refractivity contribution < 1.29 is 24.5 Å². The van der Waals surface area contributed by atoms with Crippen LogP contribution in [0.25, 0.3) is 0 Å². The quantitative estimate of drug-likeness (QED) is 0.578. The molecule has 1 heterocycles. The Balaban J connectivity index is 2.33. The molecule has 1 amide bonds. The zero-order valence-electron chi connectivity index (χ0n) is 13.6. The van der Waals surface area contributed by atoms with Gasteiger partial charge in [0.2, 0.25) is 0 Å². The molecule has 26 heavy (non-hydrogen) atoms. The third-order valence-electron chi connectivity index (χ3n) is 3.62. The lowest BCUT2D eigenvalue weighted by Crippen LogP contribution is -2.16. The zero-order chi connectivity index (χ0) is 19.6. The Kier molecular flexibility index (Phi) is 4.96. The molecular formula is C14H13N5O7. The molecule has 2 rings (SSSR count). The van der Waals surface area contributed by atoms with Crippen LogP contribution in [0.3, 0.4) is 0 Å². The van der Waals surface area contributed by atoms with Crippen LogP contribution in [-0.2, 0) is 4.79 Å². The number of carbonyl (C=O) groups excluding carboxylic acids is 1. The summed E-state index contributed by atoms with van der Waals surface area (Å²) in [4.78, 5) is 43.7. The Labute approximate surface area is 145 Å². The van der Waals surface area contributed by atoms with Gasteiger partial charge >= 0.3 is 5.97 Å². The van der Waals surface area contributed by atoms with Crippen molar-refractivity contribution in [3.05, 3.63) is 55.9 Å². The van der Waals surface area contributed by atoms with E-state index in [2.05, 4.69) is 10.4 Å². The van der Waals surface area contributed by atoms with Crippen LogP contribution in [0.1, 0.15) is 28.9 Å². The van der Waals surface area contributed by atoms with Gasteiger partial charge in [0, 0.05) is 18.3 Å². The number of nitro groups is 2. The minimum Gasteiger partial charge on any atom is -0.480 e. The Hall–Kier alpha value is -3.83. The number of rotatable bonds is 6. The SMILES string of the molecule is Cc1c([N+](=O)[O-])cc(NC(=O)c2cnn(C(C)C(=O)O)c2)cc1[N+](=O)[O-]. The largest absolute Gasteiger partial charge is 0.480 e. The topological polar surface area (TPSA) is 170 Å². The maximum Gasteiger partial charge on any atom is 0.328 e. The van der Waals surface area contributed by atoms with Crippen LogP contribution >= 0.6 is 0 Å². The lowest BCUT2D eigenvalue weighted by Gasteiger charge is -2.07. The molecule has 0 aliphatic carbocycles. The van der Waals surface area contributed by atoms with E-state index in [-0.39, 0.29) is 16.8 Å². The lowest BCUT2D eigenvalue weighted by atomic mass is 10.1. The summed E-state index contributed by atoms with van der Waals surface area (Å²) in [5.41, 5.74) is -1.31. The van der Waals surface area contributed by atoms with Gasteiger partial charge < -0.3 is 10.4 Å². The van der Waals surface area contributed by atoms with Crippen molar-refractivity contribution in [2.24, 2.45) is 0 Å². The number of hydrogen-bond donors (Lipinski definition) is 2.